The number of hydrogen-bond donors (Lipinski definition) is 1. The van der Waals surface area contributed by atoms with Crippen LogP contribution in [0.25, 0.3) is 0 Å². The summed E-state index contributed by atoms with van der Waals surface area (Å²) in [5.41, 5.74) is -0.358. The van der Waals surface area contributed by atoms with Crippen LogP contribution in [0.1, 0.15) is 53.4 Å². The van der Waals surface area contributed by atoms with Crippen molar-refractivity contribution in [3.63, 3.8) is 0 Å². The average molecular weight is 239 g/mol. The van der Waals surface area contributed by atoms with Crippen molar-refractivity contribution in [1.82, 2.24) is 10.2 Å². The molecule has 0 radical (unpaired) electrons. The lowest BCUT2D eigenvalue weighted by molar-refractivity contribution is 0.232. The van der Waals surface area contributed by atoms with Crippen molar-refractivity contribution >= 4 is 0 Å². The number of hydrogen-bond acceptors (Lipinski definition) is 3. The fourth-order valence-corrected chi connectivity index (χ4v) is 2.11. The Morgan fingerprint density at radius 2 is 2.06 bits per heavy atom. The molecule has 0 aromatic heterocycles. The van der Waals surface area contributed by atoms with Crippen molar-refractivity contribution in [2.45, 2.75) is 65.0 Å². The van der Waals surface area contributed by atoms with Gasteiger partial charge in [-0.25, -0.2) is 0 Å². The summed E-state index contributed by atoms with van der Waals surface area (Å²) in [6.07, 6.45) is 4.47. The summed E-state index contributed by atoms with van der Waals surface area (Å²) in [7, 11) is 2.18. The minimum absolute atomic E-state index is 0.358. The molecule has 0 aromatic carbocycles. The van der Waals surface area contributed by atoms with E-state index in [1.807, 2.05) is 13.8 Å². The second-order valence-corrected chi connectivity index (χ2v) is 5.20. The van der Waals surface area contributed by atoms with Crippen LogP contribution in [0, 0.1) is 11.3 Å². The van der Waals surface area contributed by atoms with Gasteiger partial charge in [-0.3, -0.25) is 5.32 Å². The fourth-order valence-electron chi connectivity index (χ4n) is 2.11. The van der Waals surface area contributed by atoms with Crippen LogP contribution in [-0.4, -0.2) is 36.6 Å². The molecule has 0 spiro atoms. The summed E-state index contributed by atoms with van der Waals surface area (Å²) in [5.74, 6) is 0. The molecule has 0 heterocycles. The van der Waals surface area contributed by atoms with Gasteiger partial charge in [0.05, 0.1) is 6.07 Å². The van der Waals surface area contributed by atoms with Gasteiger partial charge in [0.15, 0.2) is 0 Å². The van der Waals surface area contributed by atoms with Crippen molar-refractivity contribution in [1.29, 1.82) is 5.26 Å². The molecule has 0 aliphatic heterocycles. The molecule has 0 aromatic rings. The number of nitrogens with one attached hydrogen (secondary N) is 1. The Morgan fingerprint density at radius 3 is 2.53 bits per heavy atom. The molecule has 0 fully saturated rings. The largest absolute Gasteiger partial charge is 0.304 e. The molecule has 1 N–H and O–H groups in total. The van der Waals surface area contributed by atoms with Gasteiger partial charge in [0, 0.05) is 6.04 Å². The first-order valence-electron chi connectivity index (χ1n) is 6.85. The minimum atomic E-state index is -0.358. The van der Waals surface area contributed by atoms with E-state index in [0.717, 1.165) is 25.9 Å². The van der Waals surface area contributed by atoms with Crippen LogP contribution in [0.15, 0.2) is 0 Å². The number of rotatable bonds is 9. The third-order valence-corrected chi connectivity index (χ3v) is 3.46. The predicted molar refractivity (Wildman–Crippen MR) is 73.9 cm³/mol. The Balaban J connectivity index is 3.93. The first kappa shape index (κ1) is 16.4. The highest BCUT2D eigenvalue weighted by Gasteiger charge is 2.21. The van der Waals surface area contributed by atoms with E-state index in [2.05, 4.69) is 37.2 Å². The van der Waals surface area contributed by atoms with E-state index in [1.54, 1.807) is 0 Å². The molecule has 0 amide bonds. The van der Waals surface area contributed by atoms with E-state index in [1.165, 1.54) is 12.8 Å². The van der Waals surface area contributed by atoms with Gasteiger partial charge >= 0.3 is 0 Å². The maximum Gasteiger partial charge on any atom is 0.103 e. The molecular weight excluding hydrogens is 210 g/mol. The van der Waals surface area contributed by atoms with Crippen molar-refractivity contribution in [3.05, 3.63) is 0 Å². The SMILES string of the molecule is CCCC(C)N(C)CCCC(C)(C#N)NCC. The van der Waals surface area contributed by atoms with E-state index in [9.17, 15) is 0 Å². The second-order valence-electron chi connectivity index (χ2n) is 5.20. The van der Waals surface area contributed by atoms with Gasteiger partial charge in [0.25, 0.3) is 0 Å². The lowest BCUT2D eigenvalue weighted by Crippen LogP contribution is -2.41. The first-order chi connectivity index (χ1) is 7.99. The molecule has 3 heteroatoms. The zero-order valence-corrected chi connectivity index (χ0v) is 12.2. The second kappa shape index (κ2) is 8.49. The van der Waals surface area contributed by atoms with Crippen LogP contribution in [0.4, 0.5) is 0 Å². The minimum Gasteiger partial charge on any atom is -0.304 e. The van der Waals surface area contributed by atoms with Crippen molar-refractivity contribution in [3.8, 4) is 6.07 Å². The molecule has 0 saturated carbocycles. The summed E-state index contributed by atoms with van der Waals surface area (Å²) >= 11 is 0. The Labute approximate surface area is 107 Å². The highest BCUT2D eigenvalue weighted by molar-refractivity contribution is 5.03. The lowest BCUT2D eigenvalue weighted by atomic mass is 9.97. The van der Waals surface area contributed by atoms with Gasteiger partial charge in [0.1, 0.15) is 5.54 Å². The Kier molecular flexibility index (Phi) is 8.20. The van der Waals surface area contributed by atoms with Crippen molar-refractivity contribution in [2.75, 3.05) is 20.1 Å². The highest BCUT2D eigenvalue weighted by Crippen LogP contribution is 2.12. The Morgan fingerprint density at radius 1 is 1.41 bits per heavy atom. The smallest absolute Gasteiger partial charge is 0.103 e. The van der Waals surface area contributed by atoms with Gasteiger partial charge in [-0.1, -0.05) is 20.3 Å². The maximum atomic E-state index is 9.15. The summed E-state index contributed by atoms with van der Waals surface area (Å²) in [6, 6.07) is 3.02. The van der Waals surface area contributed by atoms with E-state index in [-0.39, 0.29) is 5.54 Å². The van der Waals surface area contributed by atoms with E-state index in [4.69, 9.17) is 5.26 Å². The fraction of sp³-hybridized carbons (Fsp3) is 0.929. The van der Waals surface area contributed by atoms with Gasteiger partial charge in [0.2, 0.25) is 0 Å². The van der Waals surface area contributed by atoms with Gasteiger partial charge in [-0.2, -0.15) is 5.26 Å². The normalized spacial score (nSPS) is 16.5. The van der Waals surface area contributed by atoms with Crippen LogP contribution < -0.4 is 5.32 Å². The van der Waals surface area contributed by atoms with Crippen molar-refractivity contribution < 1.29 is 0 Å². The monoisotopic (exact) mass is 239 g/mol. The topological polar surface area (TPSA) is 39.1 Å². The molecule has 2 unspecified atom stereocenters. The van der Waals surface area contributed by atoms with E-state index in [0.29, 0.717) is 6.04 Å². The van der Waals surface area contributed by atoms with E-state index < -0.39 is 0 Å². The molecule has 0 aliphatic rings. The molecule has 2 atom stereocenters. The molecule has 3 nitrogen and oxygen atoms in total. The highest BCUT2D eigenvalue weighted by atomic mass is 15.1. The van der Waals surface area contributed by atoms with Gasteiger partial charge in [-0.15, -0.1) is 0 Å². The lowest BCUT2D eigenvalue weighted by Gasteiger charge is -2.27. The first-order valence-corrected chi connectivity index (χ1v) is 6.85. The molecule has 0 saturated heterocycles. The molecule has 17 heavy (non-hydrogen) atoms. The van der Waals surface area contributed by atoms with Crippen LogP contribution in [0.2, 0.25) is 0 Å². The molecule has 100 valence electrons. The molecule has 0 bridgehead atoms. The van der Waals surface area contributed by atoms with Gasteiger partial charge in [-0.05, 0) is 53.2 Å². The van der Waals surface area contributed by atoms with E-state index >= 15 is 0 Å². The zero-order chi connectivity index (χ0) is 13.3. The predicted octanol–water partition coefficient (Wildman–Crippen LogP) is 2.78. The summed E-state index contributed by atoms with van der Waals surface area (Å²) in [4.78, 5) is 2.40. The maximum absolute atomic E-state index is 9.15. The van der Waals surface area contributed by atoms with Crippen LogP contribution in [-0.2, 0) is 0 Å². The van der Waals surface area contributed by atoms with Crippen LogP contribution in [0.3, 0.4) is 0 Å². The standard InChI is InChI=1S/C14H29N3/c1-6-9-13(3)17(5)11-8-10-14(4,12-15)16-7-2/h13,16H,6-11H2,1-5H3. The third-order valence-electron chi connectivity index (χ3n) is 3.46. The van der Waals surface area contributed by atoms with Gasteiger partial charge < -0.3 is 4.90 Å². The van der Waals surface area contributed by atoms with Crippen LogP contribution in [0.5, 0.6) is 0 Å². The Bertz CT molecular complexity index is 234. The summed E-state index contributed by atoms with van der Waals surface area (Å²) in [6.45, 7) is 10.5. The summed E-state index contributed by atoms with van der Waals surface area (Å²) in [5, 5.41) is 12.4. The number of nitriles is 1. The average Bonchev–Trinajstić information content (AvgIpc) is 2.29. The Hall–Kier alpha value is -0.590. The van der Waals surface area contributed by atoms with Crippen LogP contribution >= 0.6 is 0 Å². The number of nitrogens with zero attached hydrogens (tertiary/aromatic N) is 2. The quantitative estimate of drug-likeness (QED) is 0.672. The molecule has 0 aliphatic carbocycles. The molecule has 0 rings (SSSR count). The summed E-state index contributed by atoms with van der Waals surface area (Å²) < 4.78 is 0. The van der Waals surface area contributed by atoms with Crippen molar-refractivity contribution in [2.24, 2.45) is 0 Å². The zero-order valence-electron chi connectivity index (χ0n) is 12.2. The third kappa shape index (κ3) is 6.65. The molecular formula is C14H29N3.